The van der Waals surface area contributed by atoms with Gasteiger partial charge in [-0.1, -0.05) is 26.2 Å². The fourth-order valence-corrected chi connectivity index (χ4v) is 1.60. The van der Waals surface area contributed by atoms with Crippen LogP contribution in [-0.4, -0.2) is 9.97 Å². The summed E-state index contributed by atoms with van der Waals surface area (Å²) in [5.41, 5.74) is 7.69. The molecule has 0 bridgehead atoms. The van der Waals surface area contributed by atoms with Crippen LogP contribution >= 0.6 is 0 Å². The molecule has 0 saturated heterocycles. The second kappa shape index (κ2) is 5.81. The molecule has 0 aliphatic carbocycles. The number of rotatable bonds is 6. The minimum atomic E-state index is 0.539. The van der Waals surface area contributed by atoms with Crippen LogP contribution in [0.2, 0.25) is 0 Å². The largest absolute Gasteiger partial charge is 0.346 e. The summed E-state index contributed by atoms with van der Waals surface area (Å²) in [4.78, 5) is 7.73. The van der Waals surface area contributed by atoms with Crippen LogP contribution in [-0.2, 0) is 13.0 Å². The number of unbranched alkanes of at least 4 members (excludes halogenated alkanes) is 3. The zero-order valence-electron chi connectivity index (χ0n) is 9.27. The molecule has 3 N–H and O–H groups in total. The van der Waals surface area contributed by atoms with Gasteiger partial charge in [0.25, 0.3) is 0 Å². The summed E-state index contributed by atoms with van der Waals surface area (Å²) < 4.78 is 0. The van der Waals surface area contributed by atoms with E-state index in [4.69, 9.17) is 5.73 Å². The summed E-state index contributed by atoms with van der Waals surface area (Å²) in [5, 5.41) is 0. The molecule has 1 rings (SSSR count). The van der Waals surface area contributed by atoms with Gasteiger partial charge in [0.15, 0.2) is 0 Å². The van der Waals surface area contributed by atoms with E-state index in [0.717, 1.165) is 23.6 Å². The van der Waals surface area contributed by atoms with Gasteiger partial charge in [-0.25, -0.2) is 4.98 Å². The van der Waals surface area contributed by atoms with Crippen LogP contribution in [0.3, 0.4) is 0 Å². The average molecular weight is 195 g/mol. The molecule has 3 nitrogen and oxygen atoms in total. The van der Waals surface area contributed by atoms with Gasteiger partial charge in [0.1, 0.15) is 5.82 Å². The number of hydrogen-bond acceptors (Lipinski definition) is 2. The number of nitrogens with one attached hydrogen (secondary N) is 1. The van der Waals surface area contributed by atoms with E-state index in [1.165, 1.54) is 25.7 Å². The number of aromatic amines is 1. The van der Waals surface area contributed by atoms with Gasteiger partial charge in [-0.05, 0) is 13.3 Å². The van der Waals surface area contributed by atoms with Crippen molar-refractivity contribution >= 4 is 0 Å². The fourth-order valence-electron chi connectivity index (χ4n) is 1.60. The maximum atomic E-state index is 5.56. The number of nitrogens with zero attached hydrogens (tertiary/aromatic N) is 1. The predicted molar refractivity (Wildman–Crippen MR) is 59.1 cm³/mol. The third-order valence-electron chi connectivity index (χ3n) is 2.50. The van der Waals surface area contributed by atoms with Crippen LogP contribution in [0.1, 0.15) is 49.8 Å². The standard InChI is InChI=1S/C11H21N3/c1-3-4-5-6-7-11-13-9(2)10(8-12)14-11/h3-8,12H2,1-2H3,(H,13,14). The Kier molecular flexibility index (Phi) is 4.66. The second-order valence-corrected chi connectivity index (χ2v) is 3.77. The topological polar surface area (TPSA) is 54.7 Å². The summed E-state index contributed by atoms with van der Waals surface area (Å²) in [5.74, 6) is 1.10. The highest BCUT2D eigenvalue weighted by Gasteiger charge is 2.03. The molecular formula is C11H21N3. The Morgan fingerprint density at radius 2 is 2.07 bits per heavy atom. The van der Waals surface area contributed by atoms with Crippen molar-refractivity contribution in [3.8, 4) is 0 Å². The molecule has 0 aliphatic rings. The van der Waals surface area contributed by atoms with E-state index in [0.29, 0.717) is 6.54 Å². The lowest BCUT2D eigenvalue weighted by Gasteiger charge is -1.96. The van der Waals surface area contributed by atoms with Gasteiger partial charge in [-0.2, -0.15) is 0 Å². The van der Waals surface area contributed by atoms with E-state index in [-0.39, 0.29) is 0 Å². The Hall–Kier alpha value is -0.830. The summed E-state index contributed by atoms with van der Waals surface area (Å²) >= 11 is 0. The molecular weight excluding hydrogens is 174 g/mol. The molecule has 0 aliphatic heterocycles. The van der Waals surface area contributed by atoms with Crippen molar-refractivity contribution < 1.29 is 0 Å². The van der Waals surface area contributed by atoms with Crippen molar-refractivity contribution in [3.05, 3.63) is 17.2 Å². The van der Waals surface area contributed by atoms with Crippen LogP contribution < -0.4 is 5.73 Å². The van der Waals surface area contributed by atoms with Crippen LogP contribution in [0.15, 0.2) is 0 Å². The molecule has 0 spiro atoms. The molecule has 1 aromatic rings. The molecule has 80 valence electrons. The van der Waals surface area contributed by atoms with E-state index in [9.17, 15) is 0 Å². The van der Waals surface area contributed by atoms with Crippen molar-refractivity contribution in [1.29, 1.82) is 0 Å². The number of nitrogens with two attached hydrogens (primary N) is 1. The van der Waals surface area contributed by atoms with Crippen molar-refractivity contribution in [2.45, 2.75) is 52.5 Å². The quantitative estimate of drug-likeness (QED) is 0.684. The third kappa shape index (κ3) is 3.14. The SMILES string of the molecule is CCCCCCc1nc(CN)c(C)[nH]1. The van der Waals surface area contributed by atoms with Gasteiger partial charge in [0, 0.05) is 18.7 Å². The highest BCUT2D eigenvalue weighted by atomic mass is 14.9. The van der Waals surface area contributed by atoms with Gasteiger partial charge in [0.2, 0.25) is 0 Å². The highest BCUT2D eigenvalue weighted by molar-refractivity contribution is 5.12. The number of aromatic nitrogens is 2. The van der Waals surface area contributed by atoms with Crippen molar-refractivity contribution in [3.63, 3.8) is 0 Å². The van der Waals surface area contributed by atoms with E-state index in [1.807, 2.05) is 6.92 Å². The zero-order chi connectivity index (χ0) is 10.4. The minimum Gasteiger partial charge on any atom is -0.346 e. The van der Waals surface area contributed by atoms with Crippen LogP contribution in [0.4, 0.5) is 0 Å². The van der Waals surface area contributed by atoms with Gasteiger partial charge in [0.05, 0.1) is 5.69 Å². The van der Waals surface area contributed by atoms with Crippen molar-refractivity contribution in [1.82, 2.24) is 9.97 Å². The monoisotopic (exact) mass is 195 g/mol. The van der Waals surface area contributed by atoms with Gasteiger partial charge < -0.3 is 10.7 Å². The lowest BCUT2D eigenvalue weighted by Crippen LogP contribution is -1.98. The van der Waals surface area contributed by atoms with E-state index < -0.39 is 0 Å². The minimum absolute atomic E-state index is 0.539. The summed E-state index contributed by atoms with van der Waals surface area (Å²) in [6.07, 6.45) is 6.19. The number of imidazole rings is 1. The first kappa shape index (κ1) is 11.2. The Labute approximate surface area is 86.1 Å². The fraction of sp³-hybridized carbons (Fsp3) is 0.727. The molecule has 0 atom stereocenters. The predicted octanol–water partition coefficient (Wildman–Crippen LogP) is 2.30. The molecule has 14 heavy (non-hydrogen) atoms. The second-order valence-electron chi connectivity index (χ2n) is 3.77. The maximum Gasteiger partial charge on any atom is 0.106 e. The first-order chi connectivity index (χ1) is 6.77. The average Bonchev–Trinajstić information content (AvgIpc) is 2.54. The molecule has 0 aromatic carbocycles. The van der Waals surface area contributed by atoms with Crippen molar-refractivity contribution in [2.24, 2.45) is 5.73 Å². The van der Waals surface area contributed by atoms with Crippen molar-refractivity contribution in [2.75, 3.05) is 0 Å². The third-order valence-corrected chi connectivity index (χ3v) is 2.50. The van der Waals surface area contributed by atoms with Crippen LogP contribution in [0.25, 0.3) is 0 Å². The van der Waals surface area contributed by atoms with Gasteiger partial charge >= 0.3 is 0 Å². The normalized spacial score (nSPS) is 10.8. The van der Waals surface area contributed by atoms with Crippen LogP contribution in [0, 0.1) is 6.92 Å². The lowest BCUT2D eigenvalue weighted by atomic mass is 10.1. The first-order valence-corrected chi connectivity index (χ1v) is 5.52. The Bertz CT molecular complexity index is 265. The molecule has 1 heterocycles. The number of H-pyrrole nitrogens is 1. The van der Waals surface area contributed by atoms with E-state index >= 15 is 0 Å². The zero-order valence-corrected chi connectivity index (χ0v) is 9.27. The molecule has 0 radical (unpaired) electrons. The Morgan fingerprint density at radius 3 is 2.64 bits per heavy atom. The van der Waals surface area contributed by atoms with Gasteiger partial charge in [-0.15, -0.1) is 0 Å². The molecule has 3 heteroatoms. The first-order valence-electron chi connectivity index (χ1n) is 5.52. The van der Waals surface area contributed by atoms with Crippen LogP contribution in [0.5, 0.6) is 0 Å². The lowest BCUT2D eigenvalue weighted by molar-refractivity contribution is 0.654. The summed E-state index contributed by atoms with van der Waals surface area (Å²) in [6.45, 7) is 4.80. The summed E-state index contributed by atoms with van der Waals surface area (Å²) in [6, 6.07) is 0. The highest BCUT2D eigenvalue weighted by Crippen LogP contribution is 2.08. The molecule has 0 fully saturated rings. The van der Waals surface area contributed by atoms with Gasteiger partial charge in [-0.3, -0.25) is 0 Å². The number of hydrogen-bond donors (Lipinski definition) is 2. The smallest absolute Gasteiger partial charge is 0.106 e. The Balaban J connectivity index is 2.35. The maximum absolute atomic E-state index is 5.56. The number of aryl methyl sites for hydroxylation is 2. The van der Waals surface area contributed by atoms with E-state index in [1.54, 1.807) is 0 Å². The summed E-state index contributed by atoms with van der Waals surface area (Å²) in [7, 11) is 0. The molecule has 0 amide bonds. The Morgan fingerprint density at radius 1 is 1.29 bits per heavy atom. The molecule has 1 aromatic heterocycles. The molecule has 0 unspecified atom stereocenters. The molecule has 0 saturated carbocycles. The van der Waals surface area contributed by atoms with E-state index in [2.05, 4.69) is 16.9 Å².